The van der Waals surface area contributed by atoms with E-state index in [-0.39, 0.29) is 28.9 Å². The van der Waals surface area contributed by atoms with E-state index in [1.54, 1.807) is 6.92 Å². The summed E-state index contributed by atoms with van der Waals surface area (Å²) in [5, 5.41) is 28.6. The van der Waals surface area contributed by atoms with E-state index in [0.29, 0.717) is 5.57 Å². The number of Topliss-reactive ketones (excluding diaryl/α,β-unsaturated/α-hetero) is 1. The standard InChI is InChI=1S/C14H14O6/c1-6-3-10(16)13(17)11(6)8-4-7(20-2)5-9(15)12(8)14(18)19/h4-5,10,15-16H,3H2,1-2H3,(H,18,19)/t10-/m1/s1. The predicted octanol–water partition coefficient (Wildman–Crippen LogP) is 1.21. The molecule has 1 aromatic rings. The number of aromatic carboxylic acids is 1. The van der Waals surface area contributed by atoms with Gasteiger partial charge in [-0.2, -0.15) is 0 Å². The highest BCUT2D eigenvalue weighted by atomic mass is 16.5. The third-order valence-electron chi connectivity index (χ3n) is 3.29. The fourth-order valence-corrected chi connectivity index (χ4v) is 2.37. The van der Waals surface area contributed by atoms with Gasteiger partial charge in [-0.25, -0.2) is 4.79 Å². The highest BCUT2D eigenvalue weighted by molar-refractivity contribution is 6.27. The molecule has 2 rings (SSSR count). The number of hydrogen-bond donors (Lipinski definition) is 3. The summed E-state index contributed by atoms with van der Waals surface area (Å²) in [5.74, 6) is -2.15. The van der Waals surface area contributed by atoms with Gasteiger partial charge in [0.2, 0.25) is 0 Å². The zero-order valence-corrected chi connectivity index (χ0v) is 11.0. The first kappa shape index (κ1) is 14.1. The number of ketones is 1. The Morgan fingerprint density at radius 2 is 2.05 bits per heavy atom. The molecular formula is C14H14O6. The Kier molecular flexibility index (Phi) is 3.50. The fourth-order valence-electron chi connectivity index (χ4n) is 2.37. The summed E-state index contributed by atoms with van der Waals surface area (Å²) in [5.41, 5.74) is 0.401. The van der Waals surface area contributed by atoms with Crippen LogP contribution < -0.4 is 4.74 Å². The number of benzene rings is 1. The first-order valence-corrected chi connectivity index (χ1v) is 5.93. The zero-order valence-electron chi connectivity index (χ0n) is 11.0. The fraction of sp³-hybridized carbons (Fsp3) is 0.286. The summed E-state index contributed by atoms with van der Waals surface area (Å²) in [4.78, 5) is 23.3. The first-order chi connectivity index (χ1) is 9.36. The van der Waals surface area contributed by atoms with Gasteiger partial charge >= 0.3 is 5.97 Å². The molecule has 1 atom stereocenters. The average molecular weight is 278 g/mol. The van der Waals surface area contributed by atoms with Crippen molar-refractivity contribution in [3.05, 3.63) is 28.8 Å². The maximum absolute atomic E-state index is 12.0. The Balaban J connectivity index is 2.73. The Labute approximate surface area is 114 Å². The van der Waals surface area contributed by atoms with Crippen molar-refractivity contribution in [3.63, 3.8) is 0 Å². The lowest BCUT2D eigenvalue weighted by molar-refractivity contribution is -0.120. The molecule has 6 nitrogen and oxygen atoms in total. The van der Waals surface area contributed by atoms with Crippen LogP contribution in [0, 0.1) is 0 Å². The number of phenols is 1. The second-order valence-electron chi connectivity index (χ2n) is 4.61. The minimum absolute atomic E-state index is 0.0633. The van der Waals surface area contributed by atoms with Crippen molar-refractivity contribution in [1.82, 2.24) is 0 Å². The van der Waals surface area contributed by atoms with Crippen molar-refractivity contribution < 1.29 is 29.6 Å². The monoisotopic (exact) mass is 278 g/mol. The average Bonchev–Trinajstić information content (AvgIpc) is 2.61. The lowest BCUT2D eigenvalue weighted by Crippen LogP contribution is -2.16. The van der Waals surface area contributed by atoms with Gasteiger partial charge in [0.1, 0.15) is 23.2 Å². The molecule has 0 heterocycles. The molecule has 0 spiro atoms. The van der Waals surface area contributed by atoms with Gasteiger partial charge in [-0.05, 0) is 13.0 Å². The number of rotatable bonds is 3. The van der Waals surface area contributed by atoms with Crippen LogP contribution >= 0.6 is 0 Å². The number of aliphatic hydroxyl groups is 1. The molecule has 0 aliphatic heterocycles. The Morgan fingerprint density at radius 3 is 2.50 bits per heavy atom. The van der Waals surface area contributed by atoms with Crippen molar-refractivity contribution in [2.45, 2.75) is 19.4 Å². The van der Waals surface area contributed by atoms with Crippen molar-refractivity contribution >= 4 is 17.3 Å². The van der Waals surface area contributed by atoms with Crippen LogP contribution in [0.4, 0.5) is 0 Å². The maximum atomic E-state index is 12.0. The van der Waals surface area contributed by atoms with Crippen LogP contribution in [0.1, 0.15) is 29.3 Å². The molecule has 0 amide bonds. The van der Waals surface area contributed by atoms with Crippen LogP contribution in [0.15, 0.2) is 17.7 Å². The number of carboxylic acids is 1. The number of hydrogen-bond acceptors (Lipinski definition) is 5. The SMILES string of the molecule is COc1cc(O)c(C(=O)O)c(C2=C(C)C[C@@H](O)C2=O)c1. The molecule has 3 N–H and O–H groups in total. The molecule has 0 aromatic heterocycles. The van der Waals surface area contributed by atoms with Crippen LogP contribution in [0.2, 0.25) is 0 Å². The van der Waals surface area contributed by atoms with Crippen molar-refractivity contribution in [2.75, 3.05) is 7.11 Å². The molecule has 0 fully saturated rings. The predicted molar refractivity (Wildman–Crippen MR) is 69.8 cm³/mol. The Morgan fingerprint density at radius 1 is 1.40 bits per heavy atom. The smallest absolute Gasteiger partial charge is 0.340 e. The molecular weight excluding hydrogens is 264 g/mol. The van der Waals surface area contributed by atoms with E-state index >= 15 is 0 Å². The minimum atomic E-state index is -1.35. The van der Waals surface area contributed by atoms with Gasteiger partial charge < -0.3 is 20.1 Å². The van der Waals surface area contributed by atoms with E-state index < -0.39 is 23.6 Å². The molecule has 1 aromatic carbocycles. The van der Waals surface area contributed by atoms with Crippen LogP contribution in [0.3, 0.4) is 0 Å². The number of ether oxygens (including phenoxy) is 1. The molecule has 106 valence electrons. The number of aliphatic hydroxyl groups excluding tert-OH is 1. The third kappa shape index (κ3) is 2.14. The molecule has 20 heavy (non-hydrogen) atoms. The van der Waals surface area contributed by atoms with E-state index in [0.717, 1.165) is 0 Å². The number of methoxy groups -OCH3 is 1. The summed E-state index contributed by atoms with van der Waals surface area (Å²) >= 11 is 0. The first-order valence-electron chi connectivity index (χ1n) is 5.93. The van der Waals surface area contributed by atoms with Gasteiger partial charge in [-0.1, -0.05) is 5.57 Å². The normalized spacial score (nSPS) is 18.6. The van der Waals surface area contributed by atoms with Gasteiger partial charge in [0.25, 0.3) is 0 Å². The Hall–Kier alpha value is -2.34. The number of carboxylic acid groups (broad SMARTS) is 1. The molecule has 0 unspecified atom stereocenters. The van der Waals surface area contributed by atoms with Gasteiger partial charge in [-0.15, -0.1) is 0 Å². The highest BCUT2D eigenvalue weighted by Gasteiger charge is 2.33. The van der Waals surface area contributed by atoms with Crippen LogP contribution in [0.5, 0.6) is 11.5 Å². The second kappa shape index (κ2) is 4.97. The largest absolute Gasteiger partial charge is 0.507 e. The van der Waals surface area contributed by atoms with E-state index in [1.165, 1.54) is 19.2 Å². The minimum Gasteiger partial charge on any atom is -0.507 e. The summed E-state index contributed by atoms with van der Waals surface area (Å²) in [6, 6.07) is 2.54. The van der Waals surface area contributed by atoms with E-state index in [4.69, 9.17) is 4.74 Å². The van der Waals surface area contributed by atoms with Crippen molar-refractivity contribution in [1.29, 1.82) is 0 Å². The molecule has 6 heteroatoms. The molecule has 0 radical (unpaired) electrons. The number of carbonyl (C=O) groups is 2. The summed E-state index contributed by atoms with van der Waals surface area (Å²) in [6.07, 6.45) is -1.01. The van der Waals surface area contributed by atoms with Crippen LogP contribution in [0.25, 0.3) is 5.57 Å². The molecule has 0 bridgehead atoms. The van der Waals surface area contributed by atoms with Gasteiger partial charge in [0, 0.05) is 23.6 Å². The van der Waals surface area contributed by atoms with Gasteiger partial charge in [0.05, 0.1) is 7.11 Å². The summed E-state index contributed by atoms with van der Waals surface area (Å²) in [6.45, 7) is 1.64. The summed E-state index contributed by atoms with van der Waals surface area (Å²) in [7, 11) is 1.37. The Bertz CT molecular complexity index is 629. The van der Waals surface area contributed by atoms with Gasteiger partial charge in [0.15, 0.2) is 5.78 Å². The lowest BCUT2D eigenvalue weighted by atomic mass is 9.95. The molecule has 0 saturated carbocycles. The van der Waals surface area contributed by atoms with E-state index in [9.17, 15) is 24.9 Å². The van der Waals surface area contributed by atoms with E-state index in [2.05, 4.69) is 0 Å². The highest BCUT2D eigenvalue weighted by Crippen LogP contribution is 2.38. The van der Waals surface area contributed by atoms with E-state index in [1.807, 2.05) is 0 Å². The van der Waals surface area contributed by atoms with Crippen molar-refractivity contribution in [3.8, 4) is 11.5 Å². The zero-order chi connectivity index (χ0) is 15.0. The lowest BCUT2D eigenvalue weighted by Gasteiger charge is -2.12. The van der Waals surface area contributed by atoms with Crippen molar-refractivity contribution in [2.24, 2.45) is 0 Å². The molecule has 0 saturated heterocycles. The van der Waals surface area contributed by atoms with Crippen LogP contribution in [-0.2, 0) is 4.79 Å². The second-order valence-corrected chi connectivity index (χ2v) is 4.61. The topological polar surface area (TPSA) is 104 Å². The quantitative estimate of drug-likeness (QED) is 0.767. The van der Waals surface area contributed by atoms with Gasteiger partial charge in [-0.3, -0.25) is 4.79 Å². The summed E-state index contributed by atoms with van der Waals surface area (Å²) < 4.78 is 4.98. The molecule has 1 aliphatic rings. The third-order valence-corrected chi connectivity index (χ3v) is 3.29. The maximum Gasteiger partial charge on any atom is 0.340 e. The number of aromatic hydroxyl groups is 1. The molecule has 1 aliphatic carbocycles. The number of carbonyl (C=O) groups excluding carboxylic acids is 1. The van der Waals surface area contributed by atoms with Crippen LogP contribution in [-0.4, -0.2) is 40.3 Å².